The highest BCUT2D eigenvalue weighted by Gasteiger charge is 2.34. The number of nitrogens with zero attached hydrogens (tertiary/aromatic N) is 1. The monoisotopic (exact) mass is 320 g/mol. The summed E-state index contributed by atoms with van der Waals surface area (Å²) in [4.78, 5) is 1.54. The molecular weight excluding hydrogens is 301 g/mol. The van der Waals surface area contributed by atoms with Gasteiger partial charge in [-0.3, -0.25) is 0 Å². The second-order valence-electron chi connectivity index (χ2n) is 4.66. The van der Waals surface area contributed by atoms with Crippen LogP contribution < -0.4 is 10.6 Å². The zero-order valence-corrected chi connectivity index (χ0v) is 12.6. The predicted octanol–water partition coefficient (Wildman–Crippen LogP) is 2.94. The Morgan fingerprint density at radius 1 is 1.33 bits per heavy atom. The largest absolute Gasteiger partial charge is 0.417 e. The number of benzene rings is 1. The highest BCUT2D eigenvalue weighted by Crippen LogP contribution is 2.34. The molecule has 0 aliphatic rings. The van der Waals surface area contributed by atoms with Crippen LogP contribution in [0.4, 0.5) is 18.9 Å². The number of unbranched alkanes of at least 4 members (excludes halogenated alkanes) is 1. The first-order chi connectivity index (χ1) is 9.81. The lowest BCUT2D eigenvalue weighted by atomic mass is 10.1. The maximum atomic E-state index is 12.9. The standard InChI is InChI=1S/C14H19F3N2OS/c1-2-3-6-19(7-8-20)10-4-5-12(14(15,16)17)11(9-10)13(18)21/h4-5,9,20H,2-3,6-8H2,1H3,(H2,18,21). The minimum absolute atomic E-state index is 0.0762. The molecule has 0 aliphatic heterocycles. The number of anilines is 1. The average molecular weight is 320 g/mol. The van der Waals surface area contributed by atoms with E-state index in [2.05, 4.69) is 0 Å². The van der Waals surface area contributed by atoms with Gasteiger partial charge in [0.2, 0.25) is 0 Å². The summed E-state index contributed by atoms with van der Waals surface area (Å²) in [6.45, 7) is 2.94. The van der Waals surface area contributed by atoms with Crippen LogP contribution in [0.3, 0.4) is 0 Å². The molecule has 0 bridgehead atoms. The zero-order chi connectivity index (χ0) is 16.0. The zero-order valence-electron chi connectivity index (χ0n) is 11.8. The van der Waals surface area contributed by atoms with Gasteiger partial charge in [0.25, 0.3) is 0 Å². The van der Waals surface area contributed by atoms with Gasteiger partial charge in [-0.2, -0.15) is 13.2 Å². The van der Waals surface area contributed by atoms with Crippen molar-refractivity contribution in [3.05, 3.63) is 29.3 Å². The molecule has 1 rings (SSSR count). The van der Waals surface area contributed by atoms with Gasteiger partial charge in [-0.05, 0) is 24.6 Å². The van der Waals surface area contributed by atoms with Crippen LogP contribution in [0.1, 0.15) is 30.9 Å². The minimum atomic E-state index is -4.50. The summed E-state index contributed by atoms with van der Waals surface area (Å²) >= 11 is 4.73. The number of hydrogen-bond acceptors (Lipinski definition) is 3. The van der Waals surface area contributed by atoms with Crippen LogP contribution in [0, 0.1) is 0 Å². The molecule has 0 aliphatic carbocycles. The number of nitrogens with two attached hydrogens (primary N) is 1. The number of halogens is 3. The predicted molar refractivity (Wildman–Crippen MR) is 81.5 cm³/mol. The molecule has 0 atom stereocenters. The third-order valence-corrected chi connectivity index (χ3v) is 3.31. The summed E-state index contributed by atoms with van der Waals surface area (Å²) in [6.07, 6.45) is -2.67. The average Bonchev–Trinajstić information content (AvgIpc) is 2.41. The molecule has 0 saturated carbocycles. The summed E-state index contributed by atoms with van der Waals surface area (Å²) in [5.41, 5.74) is 4.97. The van der Waals surface area contributed by atoms with E-state index in [1.54, 1.807) is 0 Å². The maximum Gasteiger partial charge on any atom is 0.417 e. The normalized spacial score (nSPS) is 11.5. The van der Waals surface area contributed by atoms with Crippen LogP contribution in [-0.2, 0) is 6.18 Å². The summed E-state index contributed by atoms with van der Waals surface area (Å²) < 4.78 is 38.8. The van der Waals surface area contributed by atoms with Crippen molar-refractivity contribution in [2.24, 2.45) is 5.73 Å². The third-order valence-electron chi connectivity index (χ3n) is 3.09. The van der Waals surface area contributed by atoms with Crippen molar-refractivity contribution in [1.29, 1.82) is 0 Å². The van der Waals surface area contributed by atoms with Gasteiger partial charge < -0.3 is 15.7 Å². The second-order valence-corrected chi connectivity index (χ2v) is 5.10. The van der Waals surface area contributed by atoms with Crippen LogP contribution in [0.2, 0.25) is 0 Å². The second kappa shape index (κ2) is 7.61. The maximum absolute atomic E-state index is 12.9. The number of hydrogen-bond donors (Lipinski definition) is 2. The summed E-state index contributed by atoms with van der Waals surface area (Å²) in [5, 5.41) is 9.09. The van der Waals surface area contributed by atoms with Gasteiger partial charge in [-0.25, -0.2) is 0 Å². The molecule has 0 heterocycles. The third kappa shape index (κ3) is 4.86. The Bertz CT molecular complexity index is 492. The minimum Gasteiger partial charge on any atom is -0.395 e. The SMILES string of the molecule is CCCCN(CCO)c1ccc(C(F)(F)F)c(C(N)=S)c1. The Kier molecular flexibility index (Phi) is 6.42. The van der Waals surface area contributed by atoms with Gasteiger partial charge >= 0.3 is 6.18 Å². The van der Waals surface area contributed by atoms with E-state index in [1.165, 1.54) is 12.1 Å². The Morgan fingerprint density at radius 3 is 2.48 bits per heavy atom. The van der Waals surface area contributed by atoms with E-state index in [-0.39, 0.29) is 17.2 Å². The Hall–Kier alpha value is -1.34. The van der Waals surface area contributed by atoms with Crippen molar-refractivity contribution in [2.45, 2.75) is 25.9 Å². The number of aliphatic hydroxyl groups is 1. The number of alkyl halides is 3. The van der Waals surface area contributed by atoms with E-state index in [0.717, 1.165) is 18.9 Å². The number of rotatable bonds is 7. The topological polar surface area (TPSA) is 49.5 Å². The first-order valence-electron chi connectivity index (χ1n) is 6.68. The first-order valence-corrected chi connectivity index (χ1v) is 7.09. The number of thiocarbonyl (C=S) groups is 1. The number of aliphatic hydroxyl groups excluding tert-OH is 1. The van der Waals surface area contributed by atoms with E-state index in [0.29, 0.717) is 18.8 Å². The molecule has 0 unspecified atom stereocenters. The summed E-state index contributed by atoms with van der Waals surface area (Å²) in [5.74, 6) is 0. The van der Waals surface area contributed by atoms with Crippen molar-refractivity contribution in [3.8, 4) is 0 Å². The molecule has 21 heavy (non-hydrogen) atoms. The van der Waals surface area contributed by atoms with Crippen molar-refractivity contribution in [3.63, 3.8) is 0 Å². The molecule has 0 amide bonds. The van der Waals surface area contributed by atoms with Crippen LogP contribution in [-0.4, -0.2) is 29.8 Å². The fraction of sp³-hybridized carbons (Fsp3) is 0.500. The Morgan fingerprint density at radius 2 is 2.00 bits per heavy atom. The van der Waals surface area contributed by atoms with Gasteiger partial charge in [0.05, 0.1) is 12.2 Å². The fourth-order valence-electron chi connectivity index (χ4n) is 2.02. The molecule has 0 aromatic heterocycles. The molecule has 0 fully saturated rings. The molecule has 0 radical (unpaired) electrons. The quantitative estimate of drug-likeness (QED) is 0.759. The molecule has 118 valence electrons. The van der Waals surface area contributed by atoms with Crippen LogP contribution in [0.5, 0.6) is 0 Å². The van der Waals surface area contributed by atoms with Crippen molar-refractivity contribution >= 4 is 22.9 Å². The van der Waals surface area contributed by atoms with Crippen LogP contribution >= 0.6 is 12.2 Å². The van der Waals surface area contributed by atoms with Gasteiger partial charge in [0.1, 0.15) is 4.99 Å². The van der Waals surface area contributed by atoms with Gasteiger partial charge in [0, 0.05) is 24.3 Å². The lowest BCUT2D eigenvalue weighted by Gasteiger charge is -2.25. The van der Waals surface area contributed by atoms with Gasteiger partial charge in [-0.15, -0.1) is 0 Å². The lowest BCUT2D eigenvalue weighted by Crippen LogP contribution is -2.28. The van der Waals surface area contributed by atoms with Crippen LogP contribution in [0.15, 0.2) is 18.2 Å². The smallest absolute Gasteiger partial charge is 0.395 e. The molecule has 3 N–H and O–H groups in total. The molecule has 3 nitrogen and oxygen atoms in total. The molecule has 0 spiro atoms. The van der Waals surface area contributed by atoms with Crippen LogP contribution in [0.25, 0.3) is 0 Å². The molecule has 1 aromatic carbocycles. The van der Waals surface area contributed by atoms with Gasteiger partial charge in [0.15, 0.2) is 0 Å². The van der Waals surface area contributed by atoms with Crippen molar-refractivity contribution < 1.29 is 18.3 Å². The van der Waals surface area contributed by atoms with E-state index < -0.39 is 11.7 Å². The van der Waals surface area contributed by atoms with Crippen molar-refractivity contribution in [1.82, 2.24) is 0 Å². The molecule has 1 aromatic rings. The molecular formula is C14H19F3N2OS. The Labute approximate surface area is 127 Å². The fourth-order valence-corrected chi connectivity index (χ4v) is 2.19. The van der Waals surface area contributed by atoms with E-state index in [9.17, 15) is 13.2 Å². The molecule has 7 heteroatoms. The summed E-state index contributed by atoms with van der Waals surface area (Å²) in [7, 11) is 0. The van der Waals surface area contributed by atoms with E-state index in [4.69, 9.17) is 23.1 Å². The van der Waals surface area contributed by atoms with Crippen molar-refractivity contribution in [2.75, 3.05) is 24.6 Å². The summed E-state index contributed by atoms with van der Waals surface area (Å²) in [6, 6.07) is 3.71. The lowest BCUT2D eigenvalue weighted by molar-refractivity contribution is -0.137. The van der Waals surface area contributed by atoms with E-state index in [1.807, 2.05) is 11.8 Å². The Balaban J connectivity index is 3.19. The first kappa shape index (κ1) is 17.7. The van der Waals surface area contributed by atoms with E-state index >= 15 is 0 Å². The highest BCUT2D eigenvalue weighted by molar-refractivity contribution is 7.80. The molecule has 0 saturated heterocycles. The highest BCUT2D eigenvalue weighted by atomic mass is 32.1. The van der Waals surface area contributed by atoms with Gasteiger partial charge in [-0.1, -0.05) is 25.6 Å².